The van der Waals surface area contributed by atoms with Crippen LogP contribution >= 0.6 is 0 Å². The molecule has 1 saturated heterocycles. The van der Waals surface area contributed by atoms with Crippen LogP contribution in [0.3, 0.4) is 0 Å². The number of aromatic nitrogens is 2. The molecule has 1 aromatic carbocycles. The molecule has 2 heterocycles. The third-order valence-electron chi connectivity index (χ3n) is 4.81. The van der Waals surface area contributed by atoms with Crippen molar-refractivity contribution in [2.75, 3.05) is 12.8 Å². The molecule has 29 heavy (non-hydrogen) atoms. The molecule has 1 aliphatic rings. The van der Waals surface area contributed by atoms with Gasteiger partial charge in [-0.25, -0.2) is 17.8 Å². The van der Waals surface area contributed by atoms with E-state index in [2.05, 4.69) is 10.3 Å². The number of carbonyl (C=O) groups is 1. The summed E-state index contributed by atoms with van der Waals surface area (Å²) in [5.74, 6) is -1.95. The quantitative estimate of drug-likeness (QED) is 0.727. The Labute approximate surface area is 166 Å². The molecule has 1 aromatic heterocycles. The minimum absolute atomic E-state index is 0.0314. The van der Waals surface area contributed by atoms with Crippen molar-refractivity contribution in [1.29, 1.82) is 0 Å². The van der Waals surface area contributed by atoms with Crippen LogP contribution < -0.4 is 10.9 Å². The Balaban J connectivity index is 1.92. The Bertz CT molecular complexity index is 1100. The first-order chi connectivity index (χ1) is 13.6. The maximum Gasteiger partial charge on any atom is 0.296 e. The van der Waals surface area contributed by atoms with Crippen molar-refractivity contribution in [3.05, 3.63) is 57.5 Å². The second-order valence-corrected chi connectivity index (χ2v) is 8.81. The predicted molar refractivity (Wildman–Crippen MR) is 102 cm³/mol. The molecular weight excluding hydrogens is 403 g/mol. The highest BCUT2D eigenvalue weighted by Crippen LogP contribution is 2.32. The van der Waals surface area contributed by atoms with E-state index in [1.807, 2.05) is 0 Å². The zero-order valence-corrected chi connectivity index (χ0v) is 16.7. The van der Waals surface area contributed by atoms with Gasteiger partial charge in [0.1, 0.15) is 11.6 Å². The number of benzene rings is 1. The smallest absolute Gasteiger partial charge is 0.296 e. The van der Waals surface area contributed by atoms with E-state index in [0.717, 1.165) is 10.8 Å². The first-order valence-corrected chi connectivity index (χ1v) is 10.7. The normalized spacial score (nSPS) is 17.4. The molecule has 0 bridgehead atoms. The summed E-state index contributed by atoms with van der Waals surface area (Å²) in [6, 6.07) is 4.76. The Hall–Kier alpha value is -2.79. The minimum atomic E-state index is -3.54. The monoisotopic (exact) mass is 424 g/mol. The van der Waals surface area contributed by atoms with Crippen LogP contribution in [0.1, 0.15) is 40.8 Å². The maximum absolute atomic E-state index is 13.0. The topological polar surface area (TPSA) is 122 Å². The molecule has 1 atom stereocenters. The molecule has 1 fully saturated rings. The van der Waals surface area contributed by atoms with E-state index < -0.39 is 44.8 Å². The van der Waals surface area contributed by atoms with Gasteiger partial charge >= 0.3 is 0 Å². The van der Waals surface area contributed by atoms with E-state index in [-0.39, 0.29) is 18.9 Å². The zero-order valence-electron chi connectivity index (χ0n) is 15.9. The van der Waals surface area contributed by atoms with E-state index in [0.29, 0.717) is 18.4 Å². The van der Waals surface area contributed by atoms with Crippen LogP contribution in [0.4, 0.5) is 4.39 Å². The summed E-state index contributed by atoms with van der Waals surface area (Å²) in [5, 5.41) is 12.7. The zero-order chi connectivity index (χ0) is 21.3. The molecule has 1 amide bonds. The molecule has 2 aromatic rings. The summed E-state index contributed by atoms with van der Waals surface area (Å²) >= 11 is 0. The number of amides is 1. The highest BCUT2D eigenvalue weighted by atomic mass is 32.2. The summed E-state index contributed by atoms with van der Waals surface area (Å²) in [6.45, 7) is 0.315. The van der Waals surface area contributed by atoms with Gasteiger partial charge in [-0.3, -0.25) is 14.2 Å². The molecule has 3 rings (SSSR count). The molecule has 1 unspecified atom stereocenters. The number of hydrogen-bond acceptors (Lipinski definition) is 6. The number of nitrogens with one attached hydrogen (secondary N) is 1. The van der Waals surface area contributed by atoms with Crippen LogP contribution in [0.15, 0.2) is 29.1 Å². The third kappa shape index (κ3) is 4.30. The third-order valence-corrected chi connectivity index (χ3v) is 6.10. The van der Waals surface area contributed by atoms with Gasteiger partial charge in [0.05, 0.1) is 12.3 Å². The van der Waals surface area contributed by atoms with E-state index >= 15 is 0 Å². The summed E-state index contributed by atoms with van der Waals surface area (Å²) in [6.07, 6.45) is 2.09. The molecular formula is C18H21FN4O5S. The Kier molecular flexibility index (Phi) is 5.71. The number of nitrogens with zero attached hydrogens (tertiary/aromatic N) is 3. The minimum Gasteiger partial charge on any atom is -0.501 e. The van der Waals surface area contributed by atoms with Crippen LogP contribution in [0.2, 0.25) is 0 Å². The molecule has 0 radical (unpaired) electrons. The molecule has 156 valence electrons. The van der Waals surface area contributed by atoms with Gasteiger partial charge < -0.3 is 10.4 Å². The highest BCUT2D eigenvalue weighted by Gasteiger charge is 2.36. The van der Waals surface area contributed by atoms with E-state index in [4.69, 9.17) is 0 Å². The van der Waals surface area contributed by atoms with Crippen LogP contribution in [0.25, 0.3) is 0 Å². The first-order valence-electron chi connectivity index (χ1n) is 8.89. The summed E-state index contributed by atoms with van der Waals surface area (Å²) < 4.78 is 39.3. The first kappa shape index (κ1) is 20.9. The lowest BCUT2D eigenvalue weighted by Crippen LogP contribution is -2.36. The summed E-state index contributed by atoms with van der Waals surface area (Å²) in [7, 11) is -2.17. The number of halogens is 1. The van der Waals surface area contributed by atoms with Gasteiger partial charge in [0.15, 0.2) is 5.69 Å². The Morgan fingerprint density at radius 3 is 2.62 bits per heavy atom. The van der Waals surface area contributed by atoms with Crippen molar-refractivity contribution >= 4 is 15.9 Å². The maximum atomic E-state index is 13.0. The van der Waals surface area contributed by atoms with Crippen LogP contribution in [0.5, 0.6) is 5.75 Å². The number of rotatable bonds is 5. The van der Waals surface area contributed by atoms with Gasteiger partial charge in [-0.15, -0.1) is 0 Å². The van der Waals surface area contributed by atoms with Gasteiger partial charge in [0, 0.05) is 20.1 Å². The van der Waals surface area contributed by atoms with Crippen molar-refractivity contribution in [2.45, 2.75) is 25.4 Å². The summed E-state index contributed by atoms with van der Waals surface area (Å²) in [5.41, 5.74) is -0.713. The SMILES string of the molecule is Cn1c(C2CCCN2S(C)(=O)=O)nc(C(=O)NCc2ccc(F)cc2)c(O)c1=O. The molecule has 2 N–H and O–H groups in total. The van der Waals surface area contributed by atoms with Gasteiger partial charge in [-0.05, 0) is 30.5 Å². The van der Waals surface area contributed by atoms with Crippen LogP contribution in [-0.4, -0.2) is 46.1 Å². The number of sulfonamides is 1. The average molecular weight is 424 g/mol. The fourth-order valence-electron chi connectivity index (χ4n) is 3.33. The number of aromatic hydroxyl groups is 1. The highest BCUT2D eigenvalue weighted by molar-refractivity contribution is 7.88. The molecule has 9 nitrogen and oxygen atoms in total. The summed E-state index contributed by atoms with van der Waals surface area (Å²) in [4.78, 5) is 29.1. The van der Waals surface area contributed by atoms with E-state index in [1.54, 1.807) is 0 Å². The van der Waals surface area contributed by atoms with Gasteiger partial charge in [-0.2, -0.15) is 4.31 Å². The number of carbonyl (C=O) groups excluding carboxylic acids is 1. The number of hydrogen-bond donors (Lipinski definition) is 2. The molecule has 0 aliphatic carbocycles. The largest absolute Gasteiger partial charge is 0.501 e. The fourth-order valence-corrected chi connectivity index (χ4v) is 4.45. The van der Waals surface area contributed by atoms with E-state index in [9.17, 15) is 27.5 Å². The van der Waals surface area contributed by atoms with Gasteiger partial charge in [-0.1, -0.05) is 12.1 Å². The molecule has 0 saturated carbocycles. The second-order valence-electron chi connectivity index (χ2n) is 6.87. The standard InChI is InChI=1S/C18H21FN4O5S/c1-22-16(13-4-3-9-23(13)29(2,27)28)21-14(15(24)18(22)26)17(25)20-10-11-5-7-12(19)8-6-11/h5-8,13,24H,3-4,9-10H2,1-2H3,(H,20,25). The fraction of sp³-hybridized carbons (Fsp3) is 0.389. The van der Waals surface area contributed by atoms with Gasteiger partial charge in [0.2, 0.25) is 15.8 Å². The Morgan fingerprint density at radius 1 is 1.34 bits per heavy atom. The predicted octanol–water partition coefficient (Wildman–Crippen LogP) is 0.651. The van der Waals surface area contributed by atoms with Crippen LogP contribution in [0, 0.1) is 5.82 Å². The van der Waals surface area contributed by atoms with Crippen molar-refractivity contribution in [3.8, 4) is 5.75 Å². The van der Waals surface area contributed by atoms with Crippen molar-refractivity contribution < 1.29 is 22.7 Å². The second kappa shape index (κ2) is 7.91. The van der Waals surface area contributed by atoms with Crippen molar-refractivity contribution in [3.63, 3.8) is 0 Å². The Morgan fingerprint density at radius 2 is 2.00 bits per heavy atom. The van der Waals surface area contributed by atoms with Crippen LogP contribution in [-0.2, 0) is 23.6 Å². The molecule has 11 heteroatoms. The molecule has 0 spiro atoms. The average Bonchev–Trinajstić information content (AvgIpc) is 3.16. The van der Waals surface area contributed by atoms with Crippen molar-refractivity contribution in [1.82, 2.24) is 19.2 Å². The lowest BCUT2D eigenvalue weighted by Gasteiger charge is -2.23. The lowest BCUT2D eigenvalue weighted by atomic mass is 10.2. The van der Waals surface area contributed by atoms with Gasteiger partial charge in [0.25, 0.3) is 11.5 Å². The van der Waals surface area contributed by atoms with Crippen molar-refractivity contribution in [2.24, 2.45) is 7.05 Å². The van der Waals surface area contributed by atoms with E-state index in [1.165, 1.54) is 35.6 Å². The lowest BCUT2D eigenvalue weighted by molar-refractivity contribution is 0.0941. The molecule has 1 aliphatic heterocycles.